The zero-order valence-electron chi connectivity index (χ0n) is 14.2. The molecule has 1 unspecified atom stereocenters. The second kappa shape index (κ2) is 8.03. The molecule has 0 spiro atoms. The second-order valence-corrected chi connectivity index (χ2v) is 6.36. The number of rotatable bonds is 7. The zero-order chi connectivity index (χ0) is 16.0. The highest BCUT2D eigenvalue weighted by Crippen LogP contribution is 2.13. The molecule has 1 atom stereocenters. The number of nitrogens with zero attached hydrogens (tertiary/aromatic N) is 2. The Bertz CT molecular complexity index is 438. The number of amides is 1. The van der Waals surface area contributed by atoms with Crippen molar-refractivity contribution in [1.82, 2.24) is 10.2 Å². The average Bonchev–Trinajstić information content (AvgIpc) is 2.42. The van der Waals surface area contributed by atoms with Gasteiger partial charge in [0.2, 0.25) is 5.91 Å². The van der Waals surface area contributed by atoms with Crippen molar-refractivity contribution in [2.75, 3.05) is 33.1 Å². The molecule has 4 heteroatoms. The molecule has 0 saturated heterocycles. The van der Waals surface area contributed by atoms with Crippen molar-refractivity contribution in [2.45, 2.75) is 32.9 Å². The Morgan fingerprint density at radius 1 is 1.10 bits per heavy atom. The summed E-state index contributed by atoms with van der Waals surface area (Å²) in [6.07, 6.45) is 0.854. The van der Waals surface area contributed by atoms with Crippen molar-refractivity contribution in [3.8, 4) is 0 Å². The molecule has 1 N–H and O–H groups in total. The van der Waals surface area contributed by atoms with E-state index >= 15 is 0 Å². The number of carbonyl (C=O) groups is 1. The van der Waals surface area contributed by atoms with E-state index in [1.807, 2.05) is 28.2 Å². The monoisotopic (exact) mass is 291 g/mol. The number of carbonyl (C=O) groups excluding carboxylic acids is 1. The third-order valence-electron chi connectivity index (χ3n) is 3.45. The summed E-state index contributed by atoms with van der Waals surface area (Å²) < 4.78 is 0. The van der Waals surface area contributed by atoms with Gasteiger partial charge in [0.05, 0.1) is 6.04 Å². The minimum absolute atomic E-state index is 0.117. The van der Waals surface area contributed by atoms with E-state index < -0.39 is 0 Å². The molecule has 1 amide bonds. The molecule has 0 aliphatic rings. The lowest BCUT2D eigenvalue weighted by molar-refractivity contribution is -0.131. The first-order chi connectivity index (χ1) is 9.81. The maximum atomic E-state index is 12.2. The van der Waals surface area contributed by atoms with Crippen molar-refractivity contribution in [2.24, 2.45) is 5.92 Å². The molecule has 0 bridgehead atoms. The summed E-state index contributed by atoms with van der Waals surface area (Å²) in [6, 6.07) is 8.29. The SMILES string of the molecule is CC(C)CC(NCc1ccc(N(C)C)cc1)C(=O)N(C)C. The highest BCUT2D eigenvalue weighted by atomic mass is 16.2. The van der Waals surface area contributed by atoms with Crippen molar-refractivity contribution in [3.63, 3.8) is 0 Å². The molecule has 1 aromatic rings. The minimum atomic E-state index is -0.117. The van der Waals surface area contributed by atoms with Crippen molar-refractivity contribution in [3.05, 3.63) is 29.8 Å². The molecule has 0 aliphatic heterocycles. The van der Waals surface area contributed by atoms with Crippen molar-refractivity contribution >= 4 is 11.6 Å². The Labute approximate surface area is 129 Å². The largest absolute Gasteiger partial charge is 0.378 e. The molecule has 1 rings (SSSR count). The first-order valence-electron chi connectivity index (χ1n) is 7.52. The van der Waals surface area contributed by atoms with E-state index in [4.69, 9.17) is 0 Å². The fourth-order valence-corrected chi connectivity index (χ4v) is 2.21. The number of anilines is 1. The lowest BCUT2D eigenvalue weighted by Gasteiger charge is -2.23. The highest BCUT2D eigenvalue weighted by molar-refractivity contribution is 5.81. The molecule has 0 heterocycles. The number of likely N-dealkylation sites (N-methyl/N-ethyl adjacent to an activating group) is 1. The summed E-state index contributed by atoms with van der Waals surface area (Å²) >= 11 is 0. The Morgan fingerprint density at radius 3 is 2.10 bits per heavy atom. The van der Waals surface area contributed by atoms with Gasteiger partial charge in [-0.1, -0.05) is 26.0 Å². The van der Waals surface area contributed by atoms with Crippen LogP contribution in [0.2, 0.25) is 0 Å². The summed E-state index contributed by atoms with van der Waals surface area (Å²) in [5.74, 6) is 0.635. The van der Waals surface area contributed by atoms with Gasteiger partial charge in [-0.05, 0) is 30.0 Å². The summed E-state index contributed by atoms with van der Waals surface area (Å²) in [4.78, 5) is 15.9. The van der Waals surface area contributed by atoms with Gasteiger partial charge in [-0.15, -0.1) is 0 Å². The number of nitrogens with one attached hydrogen (secondary N) is 1. The Morgan fingerprint density at radius 2 is 1.67 bits per heavy atom. The van der Waals surface area contributed by atoms with E-state index in [0.29, 0.717) is 12.5 Å². The van der Waals surface area contributed by atoms with Crippen molar-refractivity contribution < 1.29 is 4.79 Å². The molecule has 0 aromatic heterocycles. The number of benzene rings is 1. The van der Waals surface area contributed by atoms with Crippen LogP contribution in [0.3, 0.4) is 0 Å². The first kappa shape index (κ1) is 17.5. The smallest absolute Gasteiger partial charge is 0.239 e. The quantitative estimate of drug-likeness (QED) is 0.837. The average molecular weight is 291 g/mol. The maximum absolute atomic E-state index is 12.2. The van der Waals surface area contributed by atoms with E-state index in [2.05, 4.69) is 48.3 Å². The Hall–Kier alpha value is -1.55. The fourth-order valence-electron chi connectivity index (χ4n) is 2.21. The van der Waals surface area contributed by atoms with Gasteiger partial charge in [0, 0.05) is 40.4 Å². The van der Waals surface area contributed by atoms with Crippen molar-refractivity contribution in [1.29, 1.82) is 0 Å². The summed E-state index contributed by atoms with van der Waals surface area (Å²) in [5, 5.41) is 3.39. The normalized spacial score (nSPS) is 12.3. The van der Waals surface area contributed by atoms with E-state index in [1.54, 1.807) is 4.90 Å². The summed E-state index contributed by atoms with van der Waals surface area (Å²) in [6.45, 7) is 5.00. The predicted octanol–water partition coefficient (Wildman–Crippen LogP) is 2.35. The van der Waals surface area contributed by atoms with Crippen LogP contribution in [0.5, 0.6) is 0 Å². The maximum Gasteiger partial charge on any atom is 0.239 e. The van der Waals surface area contributed by atoms with Crippen LogP contribution in [0, 0.1) is 5.92 Å². The van der Waals surface area contributed by atoms with Crippen LogP contribution in [-0.4, -0.2) is 45.0 Å². The minimum Gasteiger partial charge on any atom is -0.378 e. The molecule has 0 radical (unpaired) electrons. The molecular weight excluding hydrogens is 262 g/mol. The molecule has 21 heavy (non-hydrogen) atoms. The fraction of sp³-hybridized carbons (Fsp3) is 0.588. The predicted molar refractivity (Wildman–Crippen MR) is 89.5 cm³/mol. The van der Waals surface area contributed by atoms with Crippen LogP contribution in [0.4, 0.5) is 5.69 Å². The topological polar surface area (TPSA) is 35.6 Å². The van der Waals surface area contributed by atoms with Gasteiger partial charge >= 0.3 is 0 Å². The molecule has 0 fully saturated rings. The van der Waals surface area contributed by atoms with Crippen LogP contribution < -0.4 is 10.2 Å². The lowest BCUT2D eigenvalue weighted by Crippen LogP contribution is -2.44. The van der Waals surface area contributed by atoms with Crippen LogP contribution in [0.15, 0.2) is 24.3 Å². The second-order valence-electron chi connectivity index (χ2n) is 6.36. The first-order valence-corrected chi connectivity index (χ1v) is 7.52. The van der Waals surface area contributed by atoms with Crippen LogP contribution in [0.25, 0.3) is 0 Å². The van der Waals surface area contributed by atoms with Crippen LogP contribution in [-0.2, 0) is 11.3 Å². The molecule has 0 aliphatic carbocycles. The summed E-state index contributed by atoms with van der Waals surface area (Å²) in [7, 11) is 7.68. The summed E-state index contributed by atoms with van der Waals surface area (Å²) in [5.41, 5.74) is 2.38. The van der Waals surface area contributed by atoms with Gasteiger partial charge in [-0.2, -0.15) is 0 Å². The zero-order valence-corrected chi connectivity index (χ0v) is 14.2. The molecule has 1 aromatic carbocycles. The van der Waals surface area contributed by atoms with E-state index in [9.17, 15) is 4.79 Å². The molecule has 4 nitrogen and oxygen atoms in total. The van der Waals surface area contributed by atoms with Gasteiger partial charge in [0.1, 0.15) is 0 Å². The molecule has 0 saturated carbocycles. The van der Waals surface area contributed by atoms with E-state index in [0.717, 1.165) is 6.42 Å². The Kier molecular flexibility index (Phi) is 6.69. The van der Waals surface area contributed by atoms with Crippen LogP contribution in [0.1, 0.15) is 25.8 Å². The van der Waals surface area contributed by atoms with E-state index in [1.165, 1.54) is 11.3 Å². The Balaban J connectivity index is 2.65. The van der Waals surface area contributed by atoms with Crippen LogP contribution >= 0.6 is 0 Å². The van der Waals surface area contributed by atoms with Gasteiger partial charge in [0.15, 0.2) is 0 Å². The molecular formula is C17H29N3O. The van der Waals surface area contributed by atoms with Gasteiger partial charge in [0.25, 0.3) is 0 Å². The number of hydrogen-bond donors (Lipinski definition) is 1. The highest BCUT2D eigenvalue weighted by Gasteiger charge is 2.20. The third-order valence-corrected chi connectivity index (χ3v) is 3.45. The lowest BCUT2D eigenvalue weighted by atomic mass is 10.0. The number of hydrogen-bond acceptors (Lipinski definition) is 3. The van der Waals surface area contributed by atoms with Gasteiger partial charge in [-0.25, -0.2) is 0 Å². The van der Waals surface area contributed by atoms with E-state index in [-0.39, 0.29) is 11.9 Å². The standard InChI is InChI=1S/C17H29N3O/c1-13(2)11-16(17(21)20(5)6)18-12-14-7-9-15(10-8-14)19(3)4/h7-10,13,16,18H,11-12H2,1-6H3. The van der Waals surface area contributed by atoms with Gasteiger partial charge < -0.3 is 15.1 Å². The third kappa shape index (κ3) is 5.76. The molecule has 118 valence electrons. The van der Waals surface area contributed by atoms with Gasteiger partial charge in [-0.3, -0.25) is 4.79 Å².